The number of benzene rings is 1. The second-order valence-corrected chi connectivity index (χ2v) is 4.72. The van der Waals surface area contributed by atoms with Gasteiger partial charge in [-0.25, -0.2) is 0 Å². The third-order valence-electron chi connectivity index (χ3n) is 2.33. The van der Waals surface area contributed by atoms with E-state index in [0.29, 0.717) is 6.42 Å². The molecule has 0 aliphatic rings. The normalized spacial score (nSPS) is 13.4. The van der Waals surface area contributed by atoms with Crippen LogP contribution in [0.4, 0.5) is 13.2 Å². The van der Waals surface area contributed by atoms with Crippen molar-refractivity contribution in [2.75, 3.05) is 12.0 Å². The Morgan fingerprint density at radius 2 is 2.00 bits per heavy atom. The summed E-state index contributed by atoms with van der Waals surface area (Å²) in [6.45, 7) is 0. The molecule has 2 nitrogen and oxygen atoms in total. The van der Waals surface area contributed by atoms with Crippen molar-refractivity contribution in [2.45, 2.75) is 25.3 Å². The zero-order valence-electron chi connectivity index (χ0n) is 9.91. The lowest BCUT2D eigenvalue weighted by Crippen LogP contribution is -2.18. The maximum atomic E-state index is 12.2. The van der Waals surface area contributed by atoms with Gasteiger partial charge in [-0.3, -0.25) is 0 Å². The Kier molecular flexibility index (Phi) is 5.81. The largest absolute Gasteiger partial charge is 0.573 e. The number of alkyl halides is 3. The number of halogens is 3. The zero-order chi connectivity index (χ0) is 13.6. The maximum absolute atomic E-state index is 12.2. The van der Waals surface area contributed by atoms with Crippen LogP contribution in [0.15, 0.2) is 24.3 Å². The predicted octanol–water partition coefficient (Wildman–Crippen LogP) is 3.76. The number of rotatable bonds is 6. The summed E-state index contributed by atoms with van der Waals surface area (Å²) in [6, 6.07) is 5.68. The van der Waals surface area contributed by atoms with E-state index < -0.39 is 12.5 Å². The summed E-state index contributed by atoms with van der Waals surface area (Å²) in [5.74, 6) is 0.529. The van der Waals surface area contributed by atoms with Crippen LogP contribution < -0.4 is 4.74 Å². The van der Waals surface area contributed by atoms with Crippen LogP contribution in [0.25, 0.3) is 0 Å². The first-order valence-electron chi connectivity index (χ1n) is 5.45. The minimum atomic E-state index is -4.74. The molecule has 1 N–H and O–H groups in total. The molecule has 0 aliphatic heterocycles. The molecule has 0 saturated heterocycles. The van der Waals surface area contributed by atoms with Gasteiger partial charge in [-0.2, -0.15) is 11.8 Å². The average molecular weight is 280 g/mol. The monoisotopic (exact) mass is 280 g/mol. The standard InChI is InChI=1S/C12H15F3O2S/c1-18-8-4-6-10(16)9-5-2-3-7-11(9)17-12(13,14)15/h2-3,5,7,10,16H,4,6,8H2,1H3. The van der Waals surface area contributed by atoms with Crippen molar-refractivity contribution in [3.8, 4) is 5.75 Å². The van der Waals surface area contributed by atoms with Gasteiger partial charge in [0.2, 0.25) is 0 Å². The summed E-state index contributed by atoms with van der Waals surface area (Å²) < 4.78 is 40.4. The first kappa shape index (κ1) is 15.2. The molecule has 0 heterocycles. The second-order valence-electron chi connectivity index (χ2n) is 3.74. The van der Waals surface area contributed by atoms with E-state index in [4.69, 9.17) is 0 Å². The number of aliphatic hydroxyl groups excluding tert-OH is 1. The molecule has 0 fully saturated rings. The third kappa shape index (κ3) is 5.18. The summed E-state index contributed by atoms with van der Waals surface area (Å²) >= 11 is 1.63. The molecule has 1 atom stereocenters. The third-order valence-corrected chi connectivity index (χ3v) is 3.03. The lowest BCUT2D eigenvalue weighted by molar-refractivity contribution is -0.275. The second kappa shape index (κ2) is 6.89. The van der Waals surface area contributed by atoms with Crippen molar-refractivity contribution < 1.29 is 23.0 Å². The number of aliphatic hydroxyl groups is 1. The average Bonchev–Trinajstić information content (AvgIpc) is 2.27. The van der Waals surface area contributed by atoms with Gasteiger partial charge in [-0.1, -0.05) is 18.2 Å². The van der Waals surface area contributed by atoms with Crippen LogP contribution in [0.1, 0.15) is 24.5 Å². The Balaban J connectivity index is 2.74. The van der Waals surface area contributed by atoms with Gasteiger partial charge in [-0.15, -0.1) is 13.2 Å². The van der Waals surface area contributed by atoms with E-state index in [2.05, 4.69) is 4.74 Å². The number of thioether (sulfide) groups is 1. The minimum absolute atomic E-state index is 0.177. The van der Waals surface area contributed by atoms with E-state index in [1.807, 2.05) is 6.26 Å². The molecule has 1 aromatic carbocycles. The smallest absolute Gasteiger partial charge is 0.405 e. The predicted molar refractivity (Wildman–Crippen MR) is 65.7 cm³/mol. The molecule has 1 aromatic rings. The Labute approximate surface area is 108 Å². The molecule has 0 aliphatic carbocycles. The van der Waals surface area contributed by atoms with Crippen molar-refractivity contribution >= 4 is 11.8 Å². The van der Waals surface area contributed by atoms with E-state index in [0.717, 1.165) is 12.2 Å². The molecule has 0 spiro atoms. The fraction of sp³-hybridized carbons (Fsp3) is 0.500. The number of hydrogen-bond acceptors (Lipinski definition) is 3. The summed E-state index contributed by atoms with van der Waals surface area (Å²) in [5, 5.41) is 9.87. The van der Waals surface area contributed by atoms with Crippen LogP contribution >= 0.6 is 11.8 Å². The molecule has 0 amide bonds. The van der Waals surface area contributed by atoms with Gasteiger partial charge in [0.05, 0.1) is 6.10 Å². The van der Waals surface area contributed by atoms with Gasteiger partial charge in [0.25, 0.3) is 0 Å². The Morgan fingerprint density at radius 3 is 2.61 bits per heavy atom. The molecular weight excluding hydrogens is 265 g/mol. The quantitative estimate of drug-likeness (QED) is 0.804. The van der Waals surface area contributed by atoms with E-state index in [9.17, 15) is 18.3 Å². The van der Waals surface area contributed by atoms with Gasteiger partial charge in [0.15, 0.2) is 0 Å². The Bertz CT molecular complexity index is 369. The molecule has 6 heteroatoms. The van der Waals surface area contributed by atoms with Crippen molar-refractivity contribution in [3.05, 3.63) is 29.8 Å². The summed E-state index contributed by atoms with van der Waals surface area (Å²) in [7, 11) is 0. The van der Waals surface area contributed by atoms with Crippen LogP contribution in [-0.4, -0.2) is 23.5 Å². The fourth-order valence-corrected chi connectivity index (χ4v) is 2.01. The highest BCUT2D eigenvalue weighted by Gasteiger charge is 2.32. The summed E-state index contributed by atoms with van der Waals surface area (Å²) in [4.78, 5) is 0. The lowest BCUT2D eigenvalue weighted by Gasteiger charge is -2.16. The minimum Gasteiger partial charge on any atom is -0.405 e. The van der Waals surface area contributed by atoms with Crippen LogP contribution in [0.2, 0.25) is 0 Å². The van der Waals surface area contributed by atoms with Crippen molar-refractivity contribution in [3.63, 3.8) is 0 Å². The Hall–Kier alpha value is -0.880. The van der Waals surface area contributed by atoms with E-state index in [1.54, 1.807) is 17.8 Å². The molecule has 0 saturated carbocycles. The van der Waals surface area contributed by atoms with E-state index in [-0.39, 0.29) is 11.3 Å². The van der Waals surface area contributed by atoms with Crippen molar-refractivity contribution in [1.82, 2.24) is 0 Å². The van der Waals surface area contributed by atoms with Crippen molar-refractivity contribution in [2.24, 2.45) is 0 Å². The Morgan fingerprint density at radius 1 is 1.33 bits per heavy atom. The van der Waals surface area contributed by atoms with Crippen LogP contribution in [-0.2, 0) is 0 Å². The SMILES string of the molecule is CSCCCC(O)c1ccccc1OC(F)(F)F. The van der Waals surface area contributed by atoms with Crippen LogP contribution in [0.3, 0.4) is 0 Å². The zero-order valence-corrected chi connectivity index (χ0v) is 10.7. The van der Waals surface area contributed by atoms with Crippen LogP contribution in [0.5, 0.6) is 5.75 Å². The topological polar surface area (TPSA) is 29.5 Å². The summed E-state index contributed by atoms with van der Waals surface area (Å²) in [6.07, 6.45) is -2.58. The number of ether oxygens (including phenoxy) is 1. The highest BCUT2D eigenvalue weighted by Crippen LogP contribution is 2.32. The fourth-order valence-electron chi connectivity index (χ4n) is 1.55. The van der Waals surface area contributed by atoms with E-state index >= 15 is 0 Å². The highest BCUT2D eigenvalue weighted by atomic mass is 32.2. The molecule has 102 valence electrons. The van der Waals surface area contributed by atoms with Gasteiger partial charge >= 0.3 is 6.36 Å². The molecule has 1 unspecified atom stereocenters. The molecular formula is C12H15F3O2S. The first-order chi connectivity index (χ1) is 8.44. The lowest BCUT2D eigenvalue weighted by atomic mass is 10.0. The van der Waals surface area contributed by atoms with Gasteiger partial charge in [0.1, 0.15) is 5.75 Å². The molecule has 0 bridgehead atoms. The van der Waals surface area contributed by atoms with Crippen molar-refractivity contribution in [1.29, 1.82) is 0 Å². The highest BCUT2D eigenvalue weighted by molar-refractivity contribution is 7.98. The molecule has 18 heavy (non-hydrogen) atoms. The first-order valence-corrected chi connectivity index (χ1v) is 6.85. The van der Waals surface area contributed by atoms with E-state index in [1.165, 1.54) is 18.2 Å². The molecule has 1 rings (SSSR count). The molecule has 0 radical (unpaired) electrons. The van der Waals surface area contributed by atoms with Gasteiger partial charge in [-0.05, 0) is 30.9 Å². The summed E-state index contributed by atoms with van der Waals surface area (Å²) in [5.41, 5.74) is 0.177. The van der Waals surface area contributed by atoms with Gasteiger partial charge < -0.3 is 9.84 Å². The van der Waals surface area contributed by atoms with Gasteiger partial charge in [0, 0.05) is 5.56 Å². The maximum Gasteiger partial charge on any atom is 0.573 e. The van der Waals surface area contributed by atoms with Crippen LogP contribution in [0, 0.1) is 0 Å². The number of hydrogen-bond donors (Lipinski definition) is 1. The molecule has 0 aromatic heterocycles. The number of para-hydroxylation sites is 1.